The molecule has 0 radical (unpaired) electrons. The lowest BCUT2D eigenvalue weighted by Crippen LogP contribution is -2.22. The predicted molar refractivity (Wildman–Crippen MR) is 79.1 cm³/mol. The number of hydrogen-bond donors (Lipinski definition) is 0. The second-order valence-corrected chi connectivity index (χ2v) is 5.23. The van der Waals surface area contributed by atoms with Gasteiger partial charge in [-0.25, -0.2) is 23.1 Å². The van der Waals surface area contributed by atoms with E-state index >= 15 is 0 Å². The van der Waals surface area contributed by atoms with Crippen LogP contribution in [0.5, 0.6) is 0 Å². The highest BCUT2D eigenvalue weighted by Crippen LogP contribution is 2.24. The summed E-state index contributed by atoms with van der Waals surface area (Å²) in [5.41, 5.74) is 0.835. The van der Waals surface area contributed by atoms with Crippen LogP contribution in [0.15, 0.2) is 29.1 Å². The Balaban J connectivity index is 2.48. The molecule has 0 fully saturated rings. The first kappa shape index (κ1) is 14.6. The van der Waals surface area contributed by atoms with E-state index < -0.39 is 11.6 Å². The summed E-state index contributed by atoms with van der Waals surface area (Å²) in [4.78, 5) is 20.8. The molecule has 0 aliphatic heterocycles. The molecule has 22 heavy (non-hydrogen) atoms. The Labute approximate surface area is 129 Å². The summed E-state index contributed by atoms with van der Waals surface area (Å²) in [6, 6.07) is 4.44. The van der Waals surface area contributed by atoms with Gasteiger partial charge in [-0.05, 0) is 26.0 Å². The minimum Gasteiger partial charge on any atom is -0.269 e. The van der Waals surface area contributed by atoms with Gasteiger partial charge in [0.2, 0.25) is 0 Å². The quantitative estimate of drug-likeness (QED) is 0.646. The first-order valence-corrected chi connectivity index (χ1v) is 6.78. The van der Waals surface area contributed by atoms with E-state index in [0.717, 1.165) is 12.1 Å². The van der Waals surface area contributed by atoms with Crippen LogP contribution in [-0.4, -0.2) is 14.4 Å². The van der Waals surface area contributed by atoms with Gasteiger partial charge in [0.25, 0.3) is 5.56 Å². The van der Waals surface area contributed by atoms with Crippen LogP contribution in [0.1, 0.15) is 11.3 Å². The summed E-state index contributed by atoms with van der Waals surface area (Å²) >= 11 is 5.94. The van der Waals surface area contributed by atoms with Crippen molar-refractivity contribution in [2.24, 2.45) is 0 Å². The minimum atomic E-state index is -0.832. The lowest BCUT2D eigenvalue weighted by Gasteiger charge is -2.11. The molecule has 0 saturated heterocycles. The Morgan fingerprint density at radius 2 is 1.86 bits per heavy atom. The maximum atomic E-state index is 14.0. The van der Waals surface area contributed by atoms with Gasteiger partial charge in [-0.15, -0.1) is 0 Å². The summed E-state index contributed by atoms with van der Waals surface area (Å²) in [7, 11) is 0. The zero-order chi connectivity index (χ0) is 16.0. The molecule has 0 amide bonds. The second-order valence-electron chi connectivity index (χ2n) is 4.85. The first-order chi connectivity index (χ1) is 10.4. The lowest BCUT2D eigenvalue weighted by atomic mass is 10.2. The first-order valence-electron chi connectivity index (χ1n) is 6.40. The third kappa shape index (κ3) is 2.25. The van der Waals surface area contributed by atoms with Crippen LogP contribution in [0.4, 0.5) is 8.78 Å². The fraction of sp³-hybridized carbons (Fsp3) is 0.133. The lowest BCUT2D eigenvalue weighted by molar-refractivity contribution is 0.584. The number of benzene rings is 1. The molecule has 2 aromatic heterocycles. The molecule has 0 aliphatic carbocycles. The topological polar surface area (TPSA) is 47.3 Å². The van der Waals surface area contributed by atoms with E-state index in [4.69, 9.17) is 11.6 Å². The number of hydrogen-bond acceptors (Lipinski definition) is 3. The zero-order valence-corrected chi connectivity index (χ0v) is 12.4. The van der Waals surface area contributed by atoms with Crippen molar-refractivity contribution in [2.75, 3.05) is 0 Å². The van der Waals surface area contributed by atoms with E-state index in [2.05, 4.69) is 9.97 Å². The largest absolute Gasteiger partial charge is 0.269 e. The van der Waals surface area contributed by atoms with E-state index in [1.807, 2.05) is 0 Å². The molecule has 0 spiro atoms. The Kier molecular flexibility index (Phi) is 3.41. The fourth-order valence-corrected chi connectivity index (χ4v) is 2.35. The van der Waals surface area contributed by atoms with Crippen molar-refractivity contribution in [2.45, 2.75) is 13.8 Å². The number of aryl methyl sites for hydroxylation is 1. The molecule has 0 aliphatic rings. The SMILES string of the molecule is Cc1nc2cc(Cl)nc(-c3ccc(F)cc3F)n2c(=O)c1C. The summed E-state index contributed by atoms with van der Waals surface area (Å²) < 4.78 is 28.3. The van der Waals surface area contributed by atoms with Crippen LogP contribution >= 0.6 is 11.6 Å². The van der Waals surface area contributed by atoms with Gasteiger partial charge in [-0.1, -0.05) is 11.6 Å². The van der Waals surface area contributed by atoms with Gasteiger partial charge in [0, 0.05) is 23.4 Å². The Morgan fingerprint density at radius 3 is 2.55 bits per heavy atom. The smallest absolute Gasteiger partial charge is 0.262 e. The highest BCUT2D eigenvalue weighted by Gasteiger charge is 2.16. The molecular weight excluding hydrogens is 312 g/mol. The summed E-state index contributed by atoms with van der Waals surface area (Å²) in [6.45, 7) is 3.32. The third-order valence-electron chi connectivity index (χ3n) is 3.42. The van der Waals surface area contributed by atoms with Crippen molar-refractivity contribution < 1.29 is 8.78 Å². The molecule has 0 N–H and O–H groups in total. The molecule has 1 aromatic carbocycles. The molecule has 0 unspecified atom stereocenters. The van der Waals surface area contributed by atoms with Crippen LogP contribution in [0, 0.1) is 25.5 Å². The molecule has 3 rings (SSSR count). The monoisotopic (exact) mass is 321 g/mol. The van der Waals surface area contributed by atoms with Crippen LogP contribution in [-0.2, 0) is 0 Å². The number of fused-ring (bicyclic) bond motifs is 1. The fourth-order valence-electron chi connectivity index (χ4n) is 2.18. The van der Waals surface area contributed by atoms with E-state index in [9.17, 15) is 13.6 Å². The third-order valence-corrected chi connectivity index (χ3v) is 3.62. The maximum Gasteiger partial charge on any atom is 0.262 e. The predicted octanol–water partition coefficient (Wildman–Crippen LogP) is 3.30. The molecule has 7 heteroatoms. The highest BCUT2D eigenvalue weighted by atomic mass is 35.5. The standard InChI is InChI=1S/C15H10ClF2N3O/c1-7-8(2)19-13-6-12(16)20-14(21(13)15(7)22)10-4-3-9(17)5-11(10)18/h3-6H,1-2H3. The summed E-state index contributed by atoms with van der Waals surface area (Å²) in [5, 5.41) is 0.0638. The molecule has 0 atom stereocenters. The van der Waals surface area contributed by atoms with Crippen LogP contribution in [0.25, 0.3) is 17.0 Å². The van der Waals surface area contributed by atoms with Gasteiger partial charge in [-0.2, -0.15) is 0 Å². The molecule has 0 bridgehead atoms. The average molecular weight is 322 g/mol. The van der Waals surface area contributed by atoms with Crippen LogP contribution in [0.2, 0.25) is 5.15 Å². The van der Waals surface area contributed by atoms with Gasteiger partial charge in [0.1, 0.15) is 22.4 Å². The summed E-state index contributed by atoms with van der Waals surface area (Å²) in [6.07, 6.45) is 0. The molecule has 112 valence electrons. The van der Waals surface area contributed by atoms with Crippen molar-refractivity contribution in [3.63, 3.8) is 0 Å². The number of rotatable bonds is 1. The van der Waals surface area contributed by atoms with E-state index in [1.165, 1.54) is 16.5 Å². The molecule has 0 saturated carbocycles. The van der Waals surface area contributed by atoms with Gasteiger partial charge in [0.15, 0.2) is 5.82 Å². The maximum absolute atomic E-state index is 14.0. The molecular formula is C15H10ClF2N3O. The second kappa shape index (κ2) is 5.14. The highest BCUT2D eigenvalue weighted by molar-refractivity contribution is 6.29. The van der Waals surface area contributed by atoms with Crippen LogP contribution < -0.4 is 5.56 Å². The van der Waals surface area contributed by atoms with Crippen molar-refractivity contribution in [1.82, 2.24) is 14.4 Å². The van der Waals surface area contributed by atoms with Crippen molar-refractivity contribution in [3.05, 3.63) is 62.7 Å². The van der Waals surface area contributed by atoms with E-state index in [0.29, 0.717) is 11.3 Å². The average Bonchev–Trinajstić information content (AvgIpc) is 2.44. The number of halogens is 3. The number of aromatic nitrogens is 3. The van der Waals surface area contributed by atoms with Crippen molar-refractivity contribution in [1.29, 1.82) is 0 Å². The number of nitrogens with zero attached hydrogens (tertiary/aromatic N) is 3. The summed E-state index contributed by atoms with van der Waals surface area (Å²) in [5.74, 6) is -1.56. The van der Waals surface area contributed by atoms with Gasteiger partial charge in [-0.3, -0.25) is 4.79 Å². The molecule has 3 aromatic rings. The Morgan fingerprint density at radius 1 is 1.14 bits per heavy atom. The van der Waals surface area contributed by atoms with Crippen molar-refractivity contribution in [3.8, 4) is 11.4 Å². The van der Waals surface area contributed by atoms with E-state index in [-0.39, 0.29) is 27.7 Å². The molecule has 4 nitrogen and oxygen atoms in total. The van der Waals surface area contributed by atoms with Gasteiger partial charge < -0.3 is 0 Å². The van der Waals surface area contributed by atoms with E-state index in [1.54, 1.807) is 13.8 Å². The van der Waals surface area contributed by atoms with Crippen molar-refractivity contribution >= 4 is 17.2 Å². The molecule has 2 heterocycles. The Hall–Kier alpha value is -2.34. The zero-order valence-electron chi connectivity index (χ0n) is 11.7. The van der Waals surface area contributed by atoms with Gasteiger partial charge in [0.05, 0.1) is 5.56 Å². The van der Waals surface area contributed by atoms with Crippen LogP contribution in [0.3, 0.4) is 0 Å². The minimum absolute atomic E-state index is 0.0133. The normalized spacial score (nSPS) is 11.1. The Bertz CT molecular complexity index is 969. The van der Waals surface area contributed by atoms with Gasteiger partial charge >= 0.3 is 0 Å².